The van der Waals surface area contributed by atoms with E-state index in [1.807, 2.05) is 0 Å². The van der Waals surface area contributed by atoms with Crippen LogP contribution < -0.4 is 0 Å². The summed E-state index contributed by atoms with van der Waals surface area (Å²) < 4.78 is 1.55. The lowest BCUT2D eigenvalue weighted by atomic mass is 10.6. The molecule has 1 rings (SSSR count). The third-order valence-electron chi connectivity index (χ3n) is 0.956. The molecule has 0 unspecified atom stereocenters. The Morgan fingerprint density at radius 3 is 2.42 bits per heavy atom. The van der Waals surface area contributed by atoms with E-state index >= 15 is 0 Å². The molecule has 0 bridgehead atoms. The number of aromatic nitrogens is 3. The van der Waals surface area contributed by atoms with Crippen molar-refractivity contribution in [1.29, 1.82) is 0 Å². The van der Waals surface area contributed by atoms with Crippen molar-refractivity contribution in [2.45, 2.75) is 20.3 Å². The van der Waals surface area contributed by atoms with Crippen molar-refractivity contribution in [1.82, 2.24) is 14.8 Å². The van der Waals surface area contributed by atoms with E-state index in [9.17, 15) is 0 Å². The molecular formula is C9H15N3. The molecule has 0 saturated carbocycles. The molecule has 12 heavy (non-hydrogen) atoms. The highest BCUT2D eigenvalue weighted by Crippen LogP contribution is 1.93. The van der Waals surface area contributed by atoms with Gasteiger partial charge in [-0.15, -0.1) is 0 Å². The topological polar surface area (TPSA) is 30.7 Å². The summed E-state index contributed by atoms with van der Waals surface area (Å²) >= 11 is 0. The molecular weight excluding hydrogens is 150 g/mol. The lowest BCUT2D eigenvalue weighted by Gasteiger charge is -1.88. The Labute approximate surface area is 73.4 Å². The quantitative estimate of drug-likeness (QED) is 0.673. The van der Waals surface area contributed by atoms with Gasteiger partial charge in [0, 0.05) is 6.20 Å². The van der Waals surface area contributed by atoms with Crippen molar-refractivity contribution in [3.8, 4) is 0 Å². The van der Waals surface area contributed by atoms with Gasteiger partial charge in [0.1, 0.15) is 6.33 Å². The van der Waals surface area contributed by atoms with Crippen LogP contribution in [0.4, 0.5) is 0 Å². The molecule has 0 aliphatic rings. The van der Waals surface area contributed by atoms with Crippen molar-refractivity contribution in [2.24, 2.45) is 0 Å². The highest BCUT2D eigenvalue weighted by Gasteiger charge is 1.91. The zero-order valence-electron chi connectivity index (χ0n) is 7.70. The predicted octanol–water partition coefficient (Wildman–Crippen LogP) is 2.44. The summed E-state index contributed by atoms with van der Waals surface area (Å²) in [7, 11) is 0. The van der Waals surface area contributed by atoms with Gasteiger partial charge in [-0.3, -0.25) is 0 Å². The van der Waals surface area contributed by atoms with E-state index in [1.54, 1.807) is 17.0 Å². The van der Waals surface area contributed by atoms with Gasteiger partial charge in [0.2, 0.25) is 0 Å². The molecule has 0 radical (unpaired) electrons. The van der Waals surface area contributed by atoms with Gasteiger partial charge in [-0.2, -0.15) is 5.10 Å². The first kappa shape index (κ1) is 10.6. The molecule has 66 valence electrons. The summed E-state index contributed by atoms with van der Waals surface area (Å²) in [4.78, 5) is 3.87. The van der Waals surface area contributed by atoms with Crippen LogP contribution in [0.2, 0.25) is 0 Å². The second-order valence-electron chi connectivity index (χ2n) is 2.16. The average Bonchev–Trinajstić information content (AvgIpc) is 2.52. The van der Waals surface area contributed by atoms with Gasteiger partial charge in [0.25, 0.3) is 0 Å². The predicted molar refractivity (Wildman–Crippen MR) is 52.5 cm³/mol. The molecule has 1 aromatic heterocycles. The highest BCUT2D eigenvalue weighted by molar-refractivity contribution is 5.39. The molecule has 0 spiro atoms. The van der Waals surface area contributed by atoms with Crippen LogP contribution in [0.15, 0.2) is 19.5 Å². The van der Waals surface area contributed by atoms with Gasteiger partial charge >= 0.3 is 0 Å². The molecule has 3 nitrogen and oxygen atoms in total. The van der Waals surface area contributed by atoms with Crippen molar-refractivity contribution in [3.05, 3.63) is 25.3 Å². The molecule has 0 saturated heterocycles. The zero-order chi connectivity index (χ0) is 9.40. The van der Waals surface area contributed by atoms with Gasteiger partial charge < -0.3 is 0 Å². The van der Waals surface area contributed by atoms with Gasteiger partial charge in [-0.1, -0.05) is 33.4 Å². The van der Waals surface area contributed by atoms with Crippen LogP contribution in [-0.2, 0) is 0 Å². The van der Waals surface area contributed by atoms with E-state index in [0.717, 1.165) is 0 Å². The van der Waals surface area contributed by atoms with Crippen LogP contribution >= 0.6 is 0 Å². The lowest BCUT2D eigenvalue weighted by molar-refractivity contribution is 0.924. The Morgan fingerprint density at radius 1 is 1.50 bits per heavy atom. The minimum Gasteiger partial charge on any atom is -0.222 e. The van der Waals surface area contributed by atoms with E-state index in [2.05, 4.69) is 37.1 Å². The van der Waals surface area contributed by atoms with Crippen molar-refractivity contribution in [3.63, 3.8) is 0 Å². The number of hydrogen-bond donors (Lipinski definition) is 0. The smallest absolute Gasteiger partial charge is 0.154 e. The molecule has 0 aliphatic heterocycles. The van der Waals surface area contributed by atoms with Crippen LogP contribution in [0.5, 0.6) is 0 Å². The molecule has 1 heterocycles. The molecule has 0 aromatic carbocycles. The normalized spacial score (nSPS) is 8.17. The van der Waals surface area contributed by atoms with Crippen molar-refractivity contribution >= 4 is 12.3 Å². The van der Waals surface area contributed by atoms with Crippen LogP contribution in [-0.4, -0.2) is 14.8 Å². The number of nitrogens with zero attached hydrogens (tertiary/aromatic N) is 3. The second-order valence-corrected chi connectivity index (χ2v) is 2.16. The number of rotatable bonds is 2. The Hall–Kier alpha value is -1.38. The molecule has 0 fully saturated rings. The molecule has 0 N–H and O–H groups in total. The lowest BCUT2D eigenvalue weighted by Crippen LogP contribution is -1.89. The Morgan fingerprint density at radius 2 is 2.08 bits per heavy atom. The minimum atomic E-state index is 0.713. The summed E-state index contributed by atoms with van der Waals surface area (Å²) in [5.74, 6) is 0.713. The van der Waals surface area contributed by atoms with Gasteiger partial charge in [-0.05, 0) is 6.08 Å². The van der Waals surface area contributed by atoms with E-state index in [1.165, 1.54) is 12.7 Å². The van der Waals surface area contributed by atoms with Crippen LogP contribution in [0.25, 0.3) is 12.3 Å². The second kappa shape index (κ2) is 6.34. The molecule has 1 aromatic rings. The monoisotopic (exact) mass is 165 g/mol. The minimum absolute atomic E-state index is 0.713. The summed E-state index contributed by atoms with van der Waals surface area (Å²) in [5, 5.41) is 3.82. The molecule has 0 aliphatic carbocycles. The maximum absolute atomic E-state index is 3.87. The number of hydrogen-bond acceptors (Lipinski definition) is 2. The summed E-state index contributed by atoms with van der Waals surface area (Å²) in [6.45, 7) is 11.3. The largest absolute Gasteiger partial charge is 0.222 e. The van der Waals surface area contributed by atoms with Gasteiger partial charge in [-0.25, -0.2) is 9.67 Å². The fourth-order valence-corrected chi connectivity index (χ4v) is 0.546. The highest BCUT2D eigenvalue weighted by atomic mass is 15.3. The first-order valence-corrected chi connectivity index (χ1v) is 3.94. The summed E-state index contributed by atoms with van der Waals surface area (Å²) in [6, 6.07) is 0. The molecule has 3 heteroatoms. The Balaban J connectivity index is 0.000000354. The van der Waals surface area contributed by atoms with E-state index in [-0.39, 0.29) is 0 Å². The van der Waals surface area contributed by atoms with E-state index < -0.39 is 0 Å². The van der Waals surface area contributed by atoms with Gasteiger partial charge in [0.05, 0.1) is 0 Å². The fraction of sp³-hybridized carbons (Fsp3) is 0.333. The van der Waals surface area contributed by atoms with Crippen molar-refractivity contribution in [2.75, 3.05) is 0 Å². The molecule has 0 amide bonds. The first-order valence-electron chi connectivity index (χ1n) is 3.94. The third-order valence-corrected chi connectivity index (χ3v) is 0.956. The fourth-order valence-electron chi connectivity index (χ4n) is 0.546. The third kappa shape index (κ3) is 3.14. The summed E-state index contributed by atoms with van der Waals surface area (Å²) in [5.41, 5.74) is 0. The van der Waals surface area contributed by atoms with Crippen LogP contribution in [0.1, 0.15) is 26.1 Å². The van der Waals surface area contributed by atoms with Crippen molar-refractivity contribution < 1.29 is 0 Å². The zero-order valence-corrected chi connectivity index (χ0v) is 7.70. The standard InChI is InChI=1S/C6H7N3.C3H8/c1-3-6-7-5-8-9(6)4-2;1-3-2/h3-5H,1-2H2;3H2,1-2H3. The maximum Gasteiger partial charge on any atom is 0.154 e. The van der Waals surface area contributed by atoms with Gasteiger partial charge in [0.15, 0.2) is 5.82 Å². The Bertz CT molecular complexity index is 215. The van der Waals surface area contributed by atoms with E-state index in [0.29, 0.717) is 5.82 Å². The first-order chi connectivity index (χ1) is 5.79. The SMILES string of the molecule is C=Cc1ncnn1C=C.CCC. The van der Waals surface area contributed by atoms with E-state index in [4.69, 9.17) is 0 Å². The Kier molecular flexibility index (Phi) is 5.61. The maximum atomic E-state index is 3.87. The van der Waals surface area contributed by atoms with Crippen LogP contribution in [0, 0.1) is 0 Å². The van der Waals surface area contributed by atoms with Crippen LogP contribution in [0.3, 0.4) is 0 Å². The summed E-state index contributed by atoms with van der Waals surface area (Å²) in [6.07, 6.45) is 5.90. The molecule has 0 atom stereocenters. The average molecular weight is 165 g/mol.